The first kappa shape index (κ1) is 13.1. The highest BCUT2D eigenvalue weighted by Gasteiger charge is 2.22. The van der Waals surface area contributed by atoms with Gasteiger partial charge in [-0.2, -0.15) is 0 Å². The Morgan fingerprint density at radius 1 is 1.39 bits per heavy atom. The summed E-state index contributed by atoms with van der Waals surface area (Å²) in [5.74, 6) is 0.902. The molecule has 1 heterocycles. The van der Waals surface area contributed by atoms with Gasteiger partial charge in [-0.25, -0.2) is 4.98 Å². The van der Waals surface area contributed by atoms with E-state index in [1.54, 1.807) is 0 Å². The standard InChI is InChI=1S/C14H23N3O/c1-11-10-16-14(9-13(11)15)17(7-8-18)12-5-3-2-4-6-12/h9-10,12,18H,2-8H2,1H3,(H2,15,16). The number of aliphatic hydroxyl groups is 1. The third kappa shape index (κ3) is 2.93. The van der Waals surface area contributed by atoms with Crippen LogP contribution < -0.4 is 10.6 Å². The minimum atomic E-state index is 0.159. The summed E-state index contributed by atoms with van der Waals surface area (Å²) in [6.07, 6.45) is 8.07. The number of aryl methyl sites for hydroxylation is 1. The summed E-state index contributed by atoms with van der Waals surface area (Å²) >= 11 is 0. The zero-order valence-electron chi connectivity index (χ0n) is 11.1. The summed E-state index contributed by atoms with van der Waals surface area (Å²) in [5.41, 5.74) is 7.74. The molecule has 0 amide bonds. The maximum Gasteiger partial charge on any atom is 0.130 e. The van der Waals surface area contributed by atoms with E-state index in [0.29, 0.717) is 12.6 Å². The van der Waals surface area contributed by atoms with Crippen LogP contribution in [0.3, 0.4) is 0 Å². The van der Waals surface area contributed by atoms with Crippen LogP contribution in [0.4, 0.5) is 11.5 Å². The summed E-state index contributed by atoms with van der Waals surface area (Å²) in [5, 5.41) is 9.25. The van der Waals surface area contributed by atoms with Crippen LogP contribution >= 0.6 is 0 Å². The zero-order chi connectivity index (χ0) is 13.0. The Labute approximate surface area is 109 Å². The van der Waals surface area contributed by atoms with Crippen LogP contribution in [0.15, 0.2) is 12.3 Å². The van der Waals surface area contributed by atoms with Gasteiger partial charge in [0.15, 0.2) is 0 Å². The number of aromatic nitrogens is 1. The number of nitrogen functional groups attached to an aromatic ring is 1. The van der Waals surface area contributed by atoms with E-state index >= 15 is 0 Å². The van der Waals surface area contributed by atoms with Crippen molar-refractivity contribution in [2.75, 3.05) is 23.8 Å². The van der Waals surface area contributed by atoms with Gasteiger partial charge >= 0.3 is 0 Å². The van der Waals surface area contributed by atoms with Gasteiger partial charge in [-0.3, -0.25) is 0 Å². The molecule has 0 unspecified atom stereocenters. The second-order valence-electron chi connectivity index (χ2n) is 5.11. The molecular weight excluding hydrogens is 226 g/mol. The van der Waals surface area contributed by atoms with E-state index in [4.69, 9.17) is 5.73 Å². The van der Waals surface area contributed by atoms with E-state index in [1.807, 2.05) is 19.2 Å². The van der Waals surface area contributed by atoms with Crippen molar-refractivity contribution in [3.8, 4) is 0 Å². The molecule has 100 valence electrons. The number of nitrogens with two attached hydrogens (primary N) is 1. The molecule has 18 heavy (non-hydrogen) atoms. The van der Waals surface area contributed by atoms with Gasteiger partial charge in [-0.1, -0.05) is 19.3 Å². The van der Waals surface area contributed by atoms with E-state index in [-0.39, 0.29) is 6.61 Å². The first-order chi connectivity index (χ1) is 8.72. The van der Waals surface area contributed by atoms with Crippen molar-refractivity contribution in [2.24, 2.45) is 0 Å². The first-order valence-electron chi connectivity index (χ1n) is 6.82. The molecule has 1 aromatic heterocycles. The molecular formula is C14H23N3O. The van der Waals surface area contributed by atoms with Crippen molar-refractivity contribution in [2.45, 2.75) is 45.1 Å². The Balaban J connectivity index is 2.19. The summed E-state index contributed by atoms with van der Waals surface area (Å²) in [4.78, 5) is 6.69. The average molecular weight is 249 g/mol. The van der Waals surface area contributed by atoms with Crippen LogP contribution in [-0.2, 0) is 0 Å². The molecule has 2 rings (SSSR count). The second-order valence-corrected chi connectivity index (χ2v) is 5.11. The Morgan fingerprint density at radius 3 is 2.72 bits per heavy atom. The van der Waals surface area contributed by atoms with Crippen molar-refractivity contribution in [3.63, 3.8) is 0 Å². The highest BCUT2D eigenvalue weighted by molar-refractivity contribution is 5.55. The summed E-state index contributed by atoms with van der Waals surface area (Å²) in [7, 11) is 0. The maximum atomic E-state index is 9.25. The molecule has 4 nitrogen and oxygen atoms in total. The largest absolute Gasteiger partial charge is 0.398 e. The van der Waals surface area contributed by atoms with Crippen LogP contribution in [-0.4, -0.2) is 29.3 Å². The molecule has 0 saturated heterocycles. The molecule has 1 aromatic rings. The van der Waals surface area contributed by atoms with Gasteiger partial charge in [0.2, 0.25) is 0 Å². The van der Waals surface area contributed by atoms with Crippen molar-refractivity contribution in [1.29, 1.82) is 0 Å². The lowest BCUT2D eigenvalue weighted by Crippen LogP contribution is -2.39. The molecule has 4 heteroatoms. The predicted molar refractivity (Wildman–Crippen MR) is 74.7 cm³/mol. The molecule has 0 aromatic carbocycles. The fraction of sp³-hybridized carbons (Fsp3) is 0.643. The third-order valence-corrected chi connectivity index (χ3v) is 3.78. The van der Waals surface area contributed by atoms with Crippen LogP contribution in [0, 0.1) is 6.92 Å². The number of rotatable bonds is 4. The van der Waals surface area contributed by atoms with E-state index in [2.05, 4.69) is 9.88 Å². The minimum Gasteiger partial charge on any atom is -0.398 e. The monoisotopic (exact) mass is 249 g/mol. The number of nitrogens with zero attached hydrogens (tertiary/aromatic N) is 2. The Hall–Kier alpha value is -1.29. The van der Waals surface area contributed by atoms with Gasteiger partial charge in [0.1, 0.15) is 5.82 Å². The van der Waals surface area contributed by atoms with Gasteiger partial charge in [-0.05, 0) is 25.3 Å². The van der Waals surface area contributed by atoms with Crippen molar-refractivity contribution in [1.82, 2.24) is 4.98 Å². The SMILES string of the molecule is Cc1cnc(N(CCO)C2CCCCC2)cc1N. The number of hydrogen-bond acceptors (Lipinski definition) is 4. The highest BCUT2D eigenvalue weighted by atomic mass is 16.3. The highest BCUT2D eigenvalue weighted by Crippen LogP contribution is 2.27. The molecule has 0 atom stereocenters. The van der Waals surface area contributed by atoms with Gasteiger partial charge < -0.3 is 15.7 Å². The smallest absolute Gasteiger partial charge is 0.130 e. The van der Waals surface area contributed by atoms with Crippen molar-refractivity contribution >= 4 is 11.5 Å². The summed E-state index contributed by atoms with van der Waals surface area (Å²) in [6, 6.07) is 2.43. The van der Waals surface area contributed by atoms with Crippen LogP contribution in [0.2, 0.25) is 0 Å². The second kappa shape index (κ2) is 6.05. The maximum absolute atomic E-state index is 9.25. The topological polar surface area (TPSA) is 62.4 Å². The Kier molecular flexibility index (Phi) is 4.42. The van der Waals surface area contributed by atoms with E-state index in [9.17, 15) is 5.11 Å². The van der Waals surface area contributed by atoms with Gasteiger partial charge in [0, 0.05) is 30.5 Å². The predicted octanol–water partition coefficient (Wildman–Crippen LogP) is 2.10. The minimum absolute atomic E-state index is 0.159. The van der Waals surface area contributed by atoms with Gasteiger partial charge in [0.25, 0.3) is 0 Å². The lowest BCUT2D eigenvalue weighted by molar-refractivity contribution is 0.289. The number of anilines is 2. The normalized spacial score (nSPS) is 16.8. The van der Waals surface area contributed by atoms with E-state index in [0.717, 1.165) is 17.1 Å². The fourth-order valence-corrected chi connectivity index (χ4v) is 2.67. The molecule has 1 fully saturated rings. The lowest BCUT2D eigenvalue weighted by atomic mass is 9.94. The van der Waals surface area contributed by atoms with Crippen LogP contribution in [0.5, 0.6) is 0 Å². The van der Waals surface area contributed by atoms with E-state index < -0.39 is 0 Å². The molecule has 3 N–H and O–H groups in total. The van der Waals surface area contributed by atoms with Crippen molar-refractivity contribution in [3.05, 3.63) is 17.8 Å². The fourth-order valence-electron chi connectivity index (χ4n) is 2.67. The first-order valence-corrected chi connectivity index (χ1v) is 6.82. The summed E-state index contributed by atoms with van der Waals surface area (Å²) in [6.45, 7) is 2.76. The molecule has 0 bridgehead atoms. The number of aliphatic hydroxyl groups excluding tert-OH is 1. The van der Waals surface area contributed by atoms with Gasteiger partial charge in [-0.15, -0.1) is 0 Å². The molecule has 0 radical (unpaired) electrons. The van der Waals surface area contributed by atoms with E-state index in [1.165, 1.54) is 32.1 Å². The number of pyridine rings is 1. The van der Waals surface area contributed by atoms with Gasteiger partial charge in [0.05, 0.1) is 6.61 Å². The quantitative estimate of drug-likeness (QED) is 0.858. The Morgan fingerprint density at radius 2 is 2.11 bits per heavy atom. The molecule has 1 aliphatic rings. The summed E-state index contributed by atoms with van der Waals surface area (Å²) < 4.78 is 0. The van der Waals surface area contributed by atoms with Crippen molar-refractivity contribution < 1.29 is 5.11 Å². The third-order valence-electron chi connectivity index (χ3n) is 3.78. The average Bonchev–Trinajstić information content (AvgIpc) is 2.40. The molecule has 1 saturated carbocycles. The van der Waals surface area contributed by atoms with Crippen LogP contribution in [0.1, 0.15) is 37.7 Å². The molecule has 0 spiro atoms. The zero-order valence-corrected chi connectivity index (χ0v) is 11.1. The molecule has 0 aliphatic heterocycles. The molecule has 1 aliphatic carbocycles. The van der Waals surface area contributed by atoms with Crippen LogP contribution in [0.25, 0.3) is 0 Å². The lowest BCUT2D eigenvalue weighted by Gasteiger charge is -2.35. The number of hydrogen-bond donors (Lipinski definition) is 2. The Bertz CT molecular complexity index is 389.